The molecule has 9 heteroatoms. The second kappa shape index (κ2) is 9.05. The van der Waals surface area contributed by atoms with E-state index in [0.717, 1.165) is 66.0 Å². The highest BCUT2D eigenvalue weighted by molar-refractivity contribution is 5.91. The van der Waals surface area contributed by atoms with E-state index in [1.807, 2.05) is 23.0 Å². The number of nitrogens with zero attached hydrogens (tertiary/aromatic N) is 5. The van der Waals surface area contributed by atoms with Crippen LogP contribution in [0.2, 0.25) is 0 Å². The first-order valence-corrected chi connectivity index (χ1v) is 11.9. The molecule has 180 valence electrons. The maximum atomic E-state index is 11.7. The quantitative estimate of drug-likeness (QED) is 0.620. The van der Waals surface area contributed by atoms with Crippen molar-refractivity contribution in [1.29, 1.82) is 0 Å². The smallest absolute Gasteiger partial charge is 0.222 e. The van der Waals surface area contributed by atoms with Crippen molar-refractivity contribution >= 4 is 22.6 Å². The van der Waals surface area contributed by atoms with Crippen LogP contribution >= 0.6 is 0 Å². The van der Waals surface area contributed by atoms with E-state index >= 15 is 0 Å². The summed E-state index contributed by atoms with van der Waals surface area (Å²) >= 11 is 0. The largest absolute Gasteiger partial charge is 0.378 e. The molecule has 1 amide bonds. The number of nitrogens with one attached hydrogen (secondary N) is 1. The number of carbonyl (C=O) groups excluding carboxylic acids is 1. The van der Waals surface area contributed by atoms with Crippen LogP contribution in [0.15, 0.2) is 24.4 Å². The van der Waals surface area contributed by atoms with Crippen LogP contribution in [0.25, 0.3) is 16.7 Å². The zero-order chi connectivity index (χ0) is 23.9. The summed E-state index contributed by atoms with van der Waals surface area (Å²) in [6.07, 6.45) is 4.69. The Hall–Kier alpha value is -2.88. The van der Waals surface area contributed by atoms with Crippen molar-refractivity contribution in [2.75, 3.05) is 45.8 Å². The maximum Gasteiger partial charge on any atom is 0.222 e. The lowest BCUT2D eigenvalue weighted by molar-refractivity contribution is -0.114. The zero-order valence-electron chi connectivity index (χ0n) is 20.3. The van der Waals surface area contributed by atoms with E-state index < -0.39 is 5.60 Å². The van der Waals surface area contributed by atoms with Crippen molar-refractivity contribution < 1.29 is 14.3 Å². The van der Waals surface area contributed by atoms with Crippen LogP contribution in [0.1, 0.15) is 49.1 Å². The number of anilines is 1. The molecule has 5 rings (SSSR count). The normalized spacial score (nSPS) is 21.9. The van der Waals surface area contributed by atoms with Crippen LogP contribution < -0.4 is 5.32 Å². The molecule has 0 saturated carbocycles. The molecule has 1 N–H and O–H groups in total. The number of hydrogen-bond donors (Lipinski definition) is 1. The average Bonchev–Trinajstić information content (AvgIpc) is 3.44. The number of methoxy groups -OCH3 is 1. The number of hydrogen-bond acceptors (Lipinski definition) is 7. The third-order valence-corrected chi connectivity index (χ3v) is 7.02. The number of likely N-dealkylation sites (tertiary alicyclic amines) is 1. The van der Waals surface area contributed by atoms with Gasteiger partial charge < -0.3 is 19.7 Å². The Morgan fingerprint density at radius 2 is 2.06 bits per heavy atom. The molecule has 5 heterocycles. The number of amides is 1. The highest BCUT2D eigenvalue weighted by Crippen LogP contribution is 2.36. The van der Waals surface area contributed by atoms with Gasteiger partial charge in [0.25, 0.3) is 0 Å². The number of rotatable bonds is 5. The van der Waals surface area contributed by atoms with E-state index in [9.17, 15) is 4.79 Å². The predicted octanol–water partition coefficient (Wildman–Crippen LogP) is 3.15. The molecule has 2 aliphatic rings. The third kappa shape index (κ3) is 4.19. The zero-order valence-corrected chi connectivity index (χ0v) is 20.3. The third-order valence-electron chi connectivity index (χ3n) is 7.02. The average molecular weight is 465 g/mol. The van der Waals surface area contributed by atoms with E-state index in [1.165, 1.54) is 6.92 Å². The monoisotopic (exact) mass is 464 g/mol. The van der Waals surface area contributed by atoms with Gasteiger partial charge in [0.05, 0.1) is 23.5 Å². The summed E-state index contributed by atoms with van der Waals surface area (Å²) < 4.78 is 13.5. The van der Waals surface area contributed by atoms with E-state index in [2.05, 4.69) is 35.2 Å². The van der Waals surface area contributed by atoms with Gasteiger partial charge >= 0.3 is 0 Å². The molecule has 34 heavy (non-hydrogen) atoms. The Morgan fingerprint density at radius 3 is 2.74 bits per heavy atom. The highest BCUT2D eigenvalue weighted by Gasteiger charge is 2.39. The van der Waals surface area contributed by atoms with Crippen molar-refractivity contribution in [2.45, 2.75) is 44.6 Å². The van der Waals surface area contributed by atoms with E-state index in [4.69, 9.17) is 19.6 Å². The van der Waals surface area contributed by atoms with E-state index in [1.54, 1.807) is 7.11 Å². The Labute approximate surface area is 199 Å². The first-order valence-electron chi connectivity index (χ1n) is 11.9. The van der Waals surface area contributed by atoms with Crippen LogP contribution in [0.3, 0.4) is 0 Å². The van der Waals surface area contributed by atoms with Crippen LogP contribution in [-0.4, -0.2) is 71.0 Å². The maximum absolute atomic E-state index is 11.7. The number of fused-ring (bicyclic) bond motifs is 1. The van der Waals surface area contributed by atoms with Crippen LogP contribution in [0.4, 0.5) is 5.82 Å². The lowest BCUT2D eigenvalue weighted by atomic mass is 9.92. The lowest BCUT2D eigenvalue weighted by Crippen LogP contribution is -2.30. The molecular formula is C25H32N6O3. The molecule has 0 radical (unpaired) electrons. The van der Waals surface area contributed by atoms with Gasteiger partial charge in [-0.3, -0.25) is 4.79 Å². The molecule has 3 aromatic rings. The molecule has 0 aliphatic carbocycles. The van der Waals surface area contributed by atoms with Gasteiger partial charge in [-0.1, -0.05) is 0 Å². The molecule has 2 aliphatic heterocycles. The number of pyridine rings is 2. The molecule has 0 aromatic carbocycles. The molecule has 9 nitrogen and oxygen atoms in total. The topological polar surface area (TPSA) is 94.4 Å². The van der Waals surface area contributed by atoms with E-state index in [-0.39, 0.29) is 5.91 Å². The van der Waals surface area contributed by atoms with Crippen molar-refractivity contribution in [1.82, 2.24) is 24.6 Å². The minimum atomic E-state index is -0.552. The predicted molar refractivity (Wildman–Crippen MR) is 129 cm³/mol. The fourth-order valence-electron chi connectivity index (χ4n) is 5.04. The summed E-state index contributed by atoms with van der Waals surface area (Å²) in [5.74, 6) is 1.42. The molecule has 0 unspecified atom stereocenters. The molecule has 3 aromatic heterocycles. The van der Waals surface area contributed by atoms with Gasteiger partial charge in [-0.25, -0.2) is 14.6 Å². The van der Waals surface area contributed by atoms with Gasteiger partial charge in [0, 0.05) is 50.6 Å². The second-order valence-electron chi connectivity index (χ2n) is 9.53. The number of ether oxygens (including phenoxy) is 2. The van der Waals surface area contributed by atoms with Crippen molar-refractivity contribution in [3.63, 3.8) is 0 Å². The summed E-state index contributed by atoms with van der Waals surface area (Å²) in [4.78, 5) is 23.5. The summed E-state index contributed by atoms with van der Waals surface area (Å²) in [6.45, 7) is 6.75. The first kappa shape index (κ1) is 22.9. The van der Waals surface area contributed by atoms with Gasteiger partial charge in [0.1, 0.15) is 11.4 Å². The van der Waals surface area contributed by atoms with Crippen molar-refractivity contribution in [3.8, 4) is 5.82 Å². The summed E-state index contributed by atoms with van der Waals surface area (Å²) in [5, 5.41) is 8.89. The Kier molecular flexibility index (Phi) is 6.09. The van der Waals surface area contributed by atoms with E-state index in [0.29, 0.717) is 24.9 Å². The fourth-order valence-corrected chi connectivity index (χ4v) is 5.04. The second-order valence-corrected chi connectivity index (χ2v) is 9.53. The SMILES string of the molecule is CO[C@@]1(c2cc(C)cc(-n3nc(C4CCN(C)CC4)c4cnc(NC(C)=O)cc43)n2)CCOC1. The molecular weight excluding hydrogens is 432 g/mol. The number of piperidine rings is 1. The summed E-state index contributed by atoms with van der Waals surface area (Å²) in [6, 6.07) is 5.98. The number of carbonyl (C=O) groups is 1. The minimum Gasteiger partial charge on any atom is -0.378 e. The first-order chi connectivity index (χ1) is 16.4. The van der Waals surface area contributed by atoms with Gasteiger partial charge in [-0.05, 0) is 57.6 Å². The highest BCUT2D eigenvalue weighted by atomic mass is 16.5. The summed E-state index contributed by atoms with van der Waals surface area (Å²) in [5.41, 5.74) is 3.29. The minimum absolute atomic E-state index is 0.160. The molecule has 0 spiro atoms. The van der Waals surface area contributed by atoms with Crippen LogP contribution in [-0.2, 0) is 19.9 Å². The van der Waals surface area contributed by atoms with Gasteiger partial charge in [0.15, 0.2) is 5.82 Å². The Bertz CT molecular complexity index is 1210. The van der Waals surface area contributed by atoms with Gasteiger partial charge in [-0.15, -0.1) is 0 Å². The number of aromatic nitrogens is 4. The Balaban J connectivity index is 1.65. The number of aryl methyl sites for hydroxylation is 1. The van der Waals surface area contributed by atoms with Crippen molar-refractivity contribution in [2.24, 2.45) is 0 Å². The molecule has 2 saturated heterocycles. The summed E-state index contributed by atoms with van der Waals surface area (Å²) in [7, 11) is 3.87. The van der Waals surface area contributed by atoms with Crippen molar-refractivity contribution in [3.05, 3.63) is 41.3 Å². The van der Waals surface area contributed by atoms with Crippen LogP contribution in [0, 0.1) is 6.92 Å². The standard InChI is InChI=1S/C25H32N6O3/c1-16-11-21(25(33-4)7-10-34-15-25)28-23(12-16)31-20-13-22(27-17(2)32)26-14-19(20)24(29-31)18-5-8-30(3)9-6-18/h11-14,18H,5-10,15H2,1-4H3,(H,26,27,32)/t25-/m0/s1. The van der Waals surface area contributed by atoms with Crippen LogP contribution in [0.5, 0.6) is 0 Å². The molecule has 2 fully saturated rings. The Morgan fingerprint density at radius 1 is 1.26 bits per heavy atom. The molecule has 0 bridgehead atoms. The molecule has 1 atom stereocenters. The lowest BCUT2D eigenvalue weighted by Gasteiger charge is -2.28. The van der Waals surface area contributed by atoms with Gasteiger partial charge in [-0.2, -0.15) is 5.10 Å². The van der Waals surface area contributed by atoms with Gasteiger partial charge in [0.2, 0.25) is 5.91 Å². The fraction of sp³-hybridized carbons (Fsp3) is 0.520.